The molecule has 0 spiro atoms. The Morgan fingerprint density at radius 2 is 1.54 bits per heavy atom. The Morgan fingerprint density at radius 3 is 2.08 bits per heavy atom. The topological polar surface area (TPSA) is 32.3 Å². The first-order chi connectivity index (χ1) is 11.4. The van der Waals surface area contributed by atoms with Crippen molar-refractivity contribution < 1.29 is 9.18 Å². The van der Waals surface area contributed by atoms with Gasteiger partial charge in [-0.3, -0.25) is 0 Å². The van der Waals surface area contributed by atoms with Gasteiger partial charge in [-0.15, -0.1) is 0 Å². The molecule has 3 nitrogen and oxygen atoms in total. The van der Waals surface area contributed by atoms with E-state index in [-0.39, 0.29) is 29.8 Å². The minimum Gasteiger partial charge on any atom is -0.331 e. The standard InChI is InChI=1S/C20H25FN2O/c1-14(2)19(17-8-6-5-7-9-17)22-20(24)23(4)15(3)16-10-12-18(21)13-11-16/h5-15,19H,1-4H3,(H,22,24). The summed E-state index contributed by atoms with van der Waals surface area (Å²) in [6.45, 7) is 6.10. The Bertz CT molecular complexity index is 655. The molecule has 0 radical (unpaired) electrons. The van der Waals surface area contributed by atoms with Gasteiger partial charge in [0.25, 0.3) is 0 Å². The van der Waals surface area contributed by atoms with Crippen LogP contribution >= 0.6 is 0 Å². The van der Waals surface area contributed by atoms with Crippen molar-refractivity contribution >= 4 is 6.03 Å². The maximum absolute atomic E-state index is 13.1. The van der Waals surface area contributed by atoms with Crippen LogP contribution in [-0.2, 0) is 0 Å². The zero-order valence-corrected chi connectivity index (χ0v) is 14.7. The van der Waals surface area contributed by atoms with Gasteiger partial charge >= 0.3 is 6.03 Å². The highest BCUT2D eigenvalue weighted by atomic mass is 19.1. The molecule has 0 saturated carbocycles. The summed E-state index contributed by atoms with van der Waals surface area (Å²) in [5.41, 5.74) is 1.98. The molecule has 0 aliphatic carbocycles. The highest BCUT2D eigenvalue weighted by molar-refractivity contribution is 5.75. The van der Waals surface area contributed by atoms with Crippen LogP contribution in [0.4, 0.5) is 9.18 Å². The summed E-state index contributed by atoms with van der Waals surface area (Å²) < 4.78 is 13.1. The van der Waals surface area contributed by atoms with Crippen LogP contribution in [0.5, 0.6) is 0 Å². The van der Waals surface area contributed by atoms with E-state index in [1.807, 2.05) is 37.3 Å². The molecule has 4 heteroatoms. The minimum atomic E-state index is -0.276. The fourth-order valence-corrected chi connectivity index (χ4v) is 2.67. The summed E-state index contributed by atoms with van der Waals surface area (Å²) in [7, 11) is 1.76. The SMILES string of the molecule is CC(C)C(NC(=O)N(C)C(C)c1ccc(F)cc1)c1ccccc1. The predicted molar refractivity (Wildman–Crippen MR) is 95.1 cm³/mol. The van der Waals surface area contributed by atoms with E-state index in [0.29, 0.717) is 0 Å². The molecule has 2 rings (SSSR count). The Balaban J connectivity index is 2.10. The number of carbonyl (C=O) groups excluding carboxylic acids is 1. The number of nitrogens with zero attached hydrogens (tertiary/aromatic N) is 1. The van der Waals surface area contributed by atoms with Crippen LogP contribution in [0.3, 0.4) is 0 Å². The molecule has 0 saturated heterocycles. The van der Waals surface area contributed by atoms with Crippen LogP contribution in [0.2, 0.25) is 0 Å². The number of hydrogen-bond donors (Lipinski definition) is 1. The Labute approximate surface area is 143 Å². The van der Waals surface area contributed by atoms with Crippen LogP contribution in [0, 0.1) is 11.7 Å². The number of carbonyl (C=O) groups is 1. The van der Waals surface area contributed by atoms with Gasteiger partial charge < -0.3 is 10.2 Å². The van der Waals surface area contributed by atoms with E-state index in [0.717, 1.165) is 11.1 Å². The molecule has 2 aromatic carbocycles. The quantitative estimate of drug-likeness (QED) is 0.829. The van der Waals surface area contributed by atoms with E-state index < -0.39 is 0 Å². The van der Waals surface area contributed by atoms with Crippen molar-refractivity contribution in [2.75, 3.05) is 7.05 Å². The lowest BCUT2D eigenvalue weighted by molar-refractivity contribution is 0.186. The fraction of sp³-hybridized carbons (Fsp3) is 0.350. The molecule has 0 aromatic heterocycles. The van der Waals surface area contributed by atoms with Gasteiger partial charge in [0, 0.05) is 7.05 Å². The first-order valence-corrected chi connectivity index (χ1v) is 8.24. The van der Waals surface area contributed by atoms with Crippen molar-refractivity contribution in [1.82, 2.24) is 10.2 Å². The lowest BCUT2D eigenvalue weighted by Crippen LogP contribution is -2.42. The number of nitrogens with one attached hydrogen (secondary N) is 1. The highest BCUT2D eigenvalue weighted by Crippen LogP contribution is 2.24. The second kappa shape index (κ2) is 7.95. The summed E-state index contributed by atoms with van der Waals surface area (Å²) in [5.74, 6) is -0.00659. The minimum absolute atomic E-state index is 0.0541. The molecule has 1 N–H and O–H groups in total. The van der Waals surface area contributed by atoms with Crippen LogP contribution in [0.25, 0.3) is 0 Å². The molecular formula is C20H25FN2O. The van der Waals surface area contributed by atoms with Gasteiger partial charge in [0.1, 0.15) is 5.82 Å². The third-order valence-electron chi connectivity index (χ3n) is 4.36. The number of hydrogen-bond acceptors (Lipinski definition) is 1. The van der Waals surface area contributed by atoms with Gasteiger partial charge in [0.05, 0.1) is 12.1 Å². The average molecular weight is 328 g/mol. The maximum Gasteiger partial charge on any atom is 0.318 e. The summed E-state index contributed by atoms with van der Waals surface area (Å²) in [6.07, 6.45) is 0. The number of rotatable bonds is 5. The molecule has 0 fully saturated rings. The summed E-state index contributed by atoms with van der Waals surface area (Å²) in [4.78, 5) is 14.3. The third-order valence-corrected chi connectivity index (χ3v) is 4.36. The lowest BCUT2D eigenvalue weighted by atomic mass is 9.96. The maximum atomic E-state index is 13.1. The van der Waals surface area contributed by atoms with Crippen molar-refractivity contribution in [2.45, 2.75) is 32.9 Å². The van der Waals surface area contributed by atoms with Gasteiger partial charge in [0.15, 0.2) is 0 Å². The second-order valence-corrected chi connectivity index (χ2v) is 6.42. The predicted octanol–water partition coefficient (Wildman–Crippen LogP) is 4.93. The van der Waals surface area contributed by atoms with Gasteiger partial charge in [-0.05, 0) is 36.1 Å². The zero-order valence-electron chi connectivity index (χ0n) is 14.7. The molecule has 2 aromatic rings. The molecule has 2 amide bonds. The number of benzene rings is 2. The summed E-state index contributed by atoms with van der Waals surface area (Å²) in [5, 5.41) is 3.11. The Kier molecular flexibility index (Phi) is 5.96. The van der Waals surface area contributed by atoms with Crippen molar-refractivity contribution in [3.8, 4) is 0 Å². The van der Waals surface area contributed by atoms with E-state index in [4.69, 9.17) is 0 Å². The van der Waals surface area contributed by atoms with E-state index >= 15 is 0 Å². The summed E-state index contributed by atoms with van der Waals surface area (Å²) >= 11 is 0. The first-order valence-electron chi connectivity index (χ1n) is 8.24. The smallest absolute Gasteiger partial charge is 0.318 e. The van der Waals surface area contributed by atoms with Gasteiger partial charge in [-0.25, -0.2) is 9.18 Å². The van der Waals surface area contributed by atoms with E-state index in [1.165, 1.54) is 12.1 Å². The van der Waals surface area contributed by atoms with Crippen LogP contribution in [0.1, 0.15) is 44.0 Å². The van der Waals surface area contributed by atoms with Gasteiger partial charge in [0.2, 0.25) is 0 Å². The van der Waals surface area contributed by atoms with Gasteiger partial charge in [-0.2, -0.15) is 0 Å². The molecule has 24 heavy (non-hydrogen) atoms. The first kappa shape index (κ1) is 18.0. The summed E-state index contributed by atoms with van der Waals surface area (Å²) in [6, 6.07) is 15.9. The molecule has 2 atom stereocenters. The van der Waals surface area contributed by atoms with E-state index in [2.05, 4.69) is 19.2 Å². The number of amides is 2. The van der Waals surface area contributed by atoms with Gasteiger partial charge in [-0.1, -0.05) is 56.3 Å². The largest absolute Gasteiger partial charge is 0.331 e. The molecule has 2 unspecified atom stereocenters. The average Bonchev–Trinajstić information content (AvgIpc) is 2.59. The second-order valence-electron chi connectivity index (χ2n) is 6.42. The Hall–Kier alpha value is -2.36. The van der Waals surface area contributed by atoms with Crippen LogP contribution < -0.4 is 5.32 Å². The van der Waals surface area contributed by atoms with E-state index in [1.54, 1.807) is 24.1 Å². The molecule has 0 heterocycles. The normalized spacial score (nSPS) is 13.4. The van der Waals surface area contributed by atoms with Crippen molar-refractivity contribution in [3.63, 3.8) is 0 Å². The molecule has 0 aliphatic heterocycles. The fourth-order valence-electron chi connectivity index (χ4n) is 2.67. The van der Waals surface area contributed by atoms with Crippen LogP contribution in [0.15, 0.2) is 54.6 Å². The molecular weight excluding hydrogens is 303 g/mol. The van der Waals surface area contributed by atoms with Crippen molar-refractivity contribution in [3.05, 3.63) is 71.5 Å². The van der Waals surface area contributed by atoms with E-state index in [9.17, 15) is 9.18 Å². The zero-order chi connectivity index (χ0) is 17.7. The van der Waals surface area contributed by atoms with Crippen molar-refractivity contribution in [1.29, 1.82) is 0 Å². The highest BCUT2D eigenvalue weighted by Gasteiger charge is 2.23. The molecule has 0 aliphatic rings. The number of urea groups is 1. The van der Waals surface area contributed by atoms with Crippen molar-refractivity contribution in [2.24, 2.45) is 5.92 Å². The molecule has 128 valence electrons. The third kappa shape index (κ3) is 4.34. The number of halogens is 1. The monoisotopic (exact) mass is 328 g/mol. The molecule has 0 bridgehead atoms. The lowest BCUT2D eigenvalue weighted by Gasteiger charge is -2.30. The Morgan fingerprint density at radius 1 is 0.958 bits per heavy atom. The van der Waals surface area contributed by atoms with Crippen LogP contribution in [-0.4, -0.2) is 18.0 Å².